The van der Waals surface area contributed by atoms with Gasteiger partial charge in [-0.15, -0.1) is 0 Å². The molecule has 5 heteroatoms. The molecule has 1 saturated carbocycles. The highest BCUT2D eigenvalue weighted by Crippen LogP contribution is 2.18. The fourth-order valence-electron chi connectivity index (χ4n) is 2.74. The third-order valence-corrected chi connectivity index (χ3v) is 4.12. The number of urea groups is 1. The van der Waals surface area contributed by atoms with E-state index in [4.69, 9.17) is 4.74 Å². The van der Waals surface area contributed by atoms with Gasteiger partial charge in [-0.2, -0.15) is 0 Å². The lowest BCUT2D eigenvalue weighted by atomic mass is 9.93. The smallest absolute Gasteiger partial charge is 0.315 e. The van der Waals surface area contributed by atoms with Crippen molar-refractivity contribution in [3.8, 4) is 5.75 Å². The first-order valence-corrected chi connectivity index (χ1v) is 8.02. The molecule has 2 rings (SSSR count). The number of benzene rings is 1. The summed E-state index contributed by atoms with van der Waals surface area (Å²) in [6, 6.07) is 8.10. The fourth-order valence-corrected chi connectivity index (χ4v) is 2.74. The summed E-state index contributed by atoms with van der Waals surface area (Å²) in [7, 11) is 1.66. The zero-order chi connectivity index (χ0) is 15.8. The Morgan fingerprint density at radius 1 is 1.23 bits per heavy atom. The molecule has 1 aromatic carbocycles. The van der Waals surface area contributed by atoms with Crippen LogP contribution in [0.4, 0.5) is 4.79 Å². The molecule has 0 saturated heterocycles. The Hall–Kier alpha value is -1.75. The van der Waals surface area contributed by atoms with Gasteiger partial charge in [-0.05, 0) is 56.2 Å². The van der Waals surface area contributed by atoms with E-state index in [0.29, 0.717) is 6.54 Å². The number of methoxy groups -OCH3 is 1. The van der Waals surface area contributed by atoms with Gasteiger partial charge in [0.15, 0.2) is 0 Å². The van der Waals surface area contributed by atoms with Crippen molar-refractivity contribution >= 4 is 6.03 Å². The van der Waals surface area contributed by atoms with E-state index in [2.05, 4.69) is 10.6 Å². The molecule has 0 heterocycles. The Morgan fingerprint density at radius 3 is 2.55 bits per heavy atom. The van der Waals surface area contributed by atoms with E-state index in [0.717, 1.165) is 44.3 Å². The van der Waals surface area contributed by atoms with Gasteiger partial charge in [0, 0.05) is 12.6 Å². The van der Waals surface area contributed by atoms with Crippen molar-refractivity contribution in [2.45, 2.75) is 50.7 Å². The molecule has 2 amide bonds. The summed E-state index contributed by atoms with van der Waals surface area (Å²) in [5.41, 5.74) is 1.24. The summed E-state index contributed by atoms with van der Waals surface area (Å²) < 4.78 is 5.12. The van der Waals surface area contributed by atoms with Crippen molar-refractivity contribution in [1.82, 2.24) is 10.6 Å². The minimum absolute atomic E-state index is 0.101. The quantitative estimate of drug-likeness (QED) is 0.706. The van der Waals surface area contributed by atoms with Crippen LogP contribution in [0.15, 0.2) is 24.3 Å². The SMILES string of the molecule is COc1ccc(CCCNC(=O)NC2CCC(O)CC2)cc1. The lowest BCUT2D eigenvalue weighted by Gasteiger charge is -2.26. The van der Waals surface area contributed by atoms with E-state index in [-0.39, 0.29) is 18.2 Å². The second-order valence-corrected chi connectivity index (χ2v) is 5.86. The monoisotopic (exact) mass is 306 g/mol. The molecule has 0 unspecified atom stereocenters. The van der Waals surface area contributed by atoms with Crippen molar-refractivity contribution in [2.75, 3.05) is 13.7 Å². The van der Waals surface area contributed by atoms with E-state index >= 15 is 0 Å². The normalized spacial score (nSPS) is 21.2. The minimum Gasteiger partial charge on any atom is -0.497 e. The van der Waals surface area contributed by atoms with Gasteiger partial charge in [-0.3, -0.25) is 0 Å². The highest BCUT2D eigenvalue weighted by atomic mass is 16.5. The first kappa shape index (κ1) is 16.6. The van der Waals surface area contributed by atoms with Crippen LogP contribution in [-0.2, 0) is 6.42 Å². The Balaban J connectivity index is 1.58. The molecule has 22 heavy (non-hydrogen) atoms. The molecule has 3 N–H and O–H groups in total. The topological polar surface area (TPSA) is 70.6 Å². The predicted molar refractivity (Wildman–Crippen MR) is 86.1 cm³/mol. The van der Waals surface area contributed by atoms with Crippen LogP contribution >= 0.6 is 0 Å². The maximum atomic E-state index is 11.8. The van der Waals surface area contributed by atoms with E-state index in [9.17, 15) is 9.90 Å². The number of ether oxygens (including phenoxy) is 1. The zero-order valence-corrected chi connectivity index (χ0v) is 13.2. The first-order chi connectivity index (χ1) is 10.7. The standard InChI is InChI=1S/C17H26N2O3/c1-22-16-10-4-13(5-11-16)3-2-12-18-17(21)19-14-6-8-15(20)9-7-14/h4-5,10-11,14-15,20H,2-3,6-9,12H2,1H3,(H2,18,19,21). The Morgan fingerprint density at radius 2 is 1.91 bits per heavy atom. The van der Waals surface area contributed by atoms with Crippen molar-refractivity contribution < 1.29 is 14.6 Å². The van der Waals surface area contributed by atoms with Crippen LogP contribution in [0.5, 0.6) is 5.75 Å². The van der Waals surface area contributed by atoms with Crippen LogP contribution in [0, 0.1) is 0 Å². The van der Waals surface area contributed by atoms with E-state index in [1.165, 1.54) is 5.56 Å². The van der Waals surface area contributed by atoms with Gasteiger partial charge in [0.1, 0.15) is 5.75 Å². The molecular weight excluding hydrogens is 280 g/mol. The zero-order valence-electron chi connectivity index (χ0n) is 13.2. The Labute approximate surface area is 132 Å². The van der Waals surface area contributed by atoms with Gasteiger partial charge in [-0.25, -0.2) is 4.79 Å². The third kappa shape index (κ3) is 5.56. The van der Waals surface area contributed by atoms with Gasteiger partial charge >= 0.3 is 6.03 Å². The molecule has 0 aromatic heterocycles. The molecule has 1 fully saturated rings. The number of aliphatic hydroxyl groups excluding tert-OH is 1. The number of nitrogens with one attached hydrogen (secondary N) is 2. The van der Waals surface area contributed by atoms with Crippen LogP contribution in [0.2, 0.25) is 0 Å². The molecule has 122 valence electrons. The summed E-state index contributed by atoms with van der Waals surface area (Å²) in [6.45, 7) is 0.660. The van der Waals surface area contributed by atoms with E-state index < -0.39 is 0 Å². The molecule has 0 radical (unpaired) electrons. The Bertz CT molecular complexity index is 453. The molecule has 1 aliphatic carbocycles. The van der Waals surface area contributed by atoms with Crippen molar-refractivity contribution in [3.63, 3.8) is 0 Å². The number of carbonyl (C=O) groups excluding carboxylic acids is 1. The van der Waals surface area contributed by atoms with Crippen LogP contribution in [0.1, 0.15) is 37.7 Å². The fraction of sp³-hybridized carbons (Fsp3) is 0.588. The molecular formula is C17H26N2O3. The number of amides is 2. The summed E-state index contributed by atoms with van der Waals surface area (Å²) in [5.74, 6) is 0.860. The molecule has 0 aliphatic heterocycles. The lowest BCUT2D eigenvalue weighted by Crippen LogP contribution is -2.44. The number of hydrogen-bond donors (Lipinski definition) is 3. The number of hydrogen-bond acceptors (Lipinski definition) is 3. The average molecular weight is 306 g/mol. The Kier molecular flexibility index (Phi) is 6.52. The second-order valence-electron chi connectivity index (χ2n) is 5.86. The second kappa shape index (κ2) is 8.63. The van der Waals surface area contributed by atoms with E-state index in [1.54, 1.807) is 7.11 Å². The van der Waals surface area contributed by atoms with Gasteiger partial charge in [0.25, 0.3) is 0 Å². The molecule has 0 spiro atoms. The average Bonchev–Trinajstić information content (AvgIpc) is 2.54. The number of carbonyl (C=O) groups is 1. The molecule has 1 aliphatic rings. The lowest BCUT2D eigenvalue weighted by molar-refractivity contribution is 0.117. The van der Waals surface area contributed by atoms with Crippen molar-refractivity contribution in [1.29, 1.82) is 0 Å². The third-order valence-electron chi connectivity index (χ3n) is 4.12. The van der Waals surface area contributed by atoms with Gasteiger partial charge < -0.3 is 20.5 Å². The predicted octanol–water partition coefficient (Wildman–Crippen LogP) is 2.23. The summed E-state index contributed by atoms with van der Waals surface area (Å²) in [4.78, 5) is 11.8. The number of aryl methyl sites for hydroxylation is 1. The van der Waals surface area contributed by atoms with E-state index in [1.807, 2.05) is 24.3 Å². The highest BCUT2D eigenvalue weighted by molar-refractivity contribution is 5.74. The summed E-state index contributed by atoms with van der Waals surface area (Å²) in [6.07, 6.45) is 4.93. The molecule has 5 nitrogen and oxygen atoms in total. The van der Waals surface area contributed by atoms with Crippen LogP contribution < -0.4 is 15.4 Å². The highest BCUT2D eigenvalue weighted by Gasteiger charge is 2.20. The van der Waals surface area contributed by atoms with Gasteiger partial charge in [-0.1, -0.05) is 12.1 Å². The molecule has 0 bridgehead atoms. The van der Waals surface area contributed by atoms with Crippen molar-refractivity contribution in [3.05, 3.63) is 29.8 Å². The molecule has 0 atom stereocenters. The number of rotatable bonds is 6. The summed E-state index contributed by atoms with van der Waals surface area (Å²) >= 11 is 0. The van der Waals surface area contributed by atoms with Crippen molar-refractivity contribution in [2.24, 2.45) is 0 Å². The largest absolute Gasteiger partial charge is 0.497 e. The van der Waals surface area contributed by atoms with Crippen LogP contribution in [-0.4, -0.2) is 36.9 Å². The maximum Gasteiger partial charge on any atom is 0.315 e. The maximum absolute atomic E-state index is 11.8. The molecule has 1 aromatic rings. The van der Waals surface area contributed by atoms with Crippen LogP contribution in [0.25, 0.3) is 0 Å². The minimum atomic E-state index is -0.189. The van der Waals surface area contributed by atoms with Gasteiger partial charge in [0.05, 0.1) is 13.2 Å². The summed E-state index contributed by atoms with van der Waals surface area (Å²) in [5, 5.41) is 15.3. The van der Waals surface area contributed by atoms with Gasteiger partial charge in [0.2, 0.25) is 0 Å². The van der Waals surface area contributed by atoms with Crippen LogP contribution in [0.3, 0.4) is 0 Å². The number of aliphatic hydroxyl groups is 1. The first-order valence-electron chi connectivity index (χ1n) is 8.02.